The number of rotatable bonds is 5. The van der Waals surface area contributed by atoms with Crippen molar-refractivity contribution in [3.05, 3.63) is 46.0 Å². The van der Waals surface area contributed by atoms with Gasteiger partial charge in [0.2, 0.25) is 6.29 Å². The van der Waals surface area contributed by atoms with Crippen molar-refractivity contribution in [3.8, 4) is 11.8 Å². The molecular formula is C28H32NNaO8. The van der Waals surface area contributed by atoms with Crippen LogP contribution in [0.15, 0.2) is 34.9 Å². The number of nitriles is 1. The molecule has 3 N–H and O–H groups in total. The molecule has 2 fully saturated rings. The van der Waals surface area contributed by atoms with Crippen molar-refractivity contribution >= 4 is 11.7 Å². The van der Waals surface area contributed by atoms with Crippen molar-refractivity contribution in [1.29, 1.82) is 5.26 Å². The first-order valence-corrected chi connectivity index (χ1v) is 12.9. The van der Waals surface area contributed by atoms with Gasteiger partial charge in [-0.2, -0.15) is 5.26 Å². The zero-order chi connectivity index (χ0) is 26.3. The van der Waals surface area contributed by atoms with E-state index in [1.807, 2.05) is 6.07 Å². The van der Waals surface area contributed by atoms with E-state index in [2.05, 4.69) is 0 Å². The summed E-state index contributed by atoms with van der Waals surface area (Å²) in [6.07, 6.45) is 0.152. The second-order valence-electron chi connectivity index (χ2n) is 10.4. The van der Waals surface area contributed by atoms with Gasteiger partial charge in [0.25, 0.3) is 0 Å². The number of carboxylic acid groups (broad SMARTS) is 1. The molecule has 198 valence electrons. The molecule has 1 aliphatic heterocycles. The molecule has 1 saturated carbocycles. The van der Waals surface area contributed by atoms with Gasteiger partial charge in [0.15, 0.2) is 0 Å². The molecule has 2 bridgehead atoms. The minimum Gasteiger partial charge on any atom is -0.547 e. The van der Waals surface area contributed by atoms with E-state index in [4.69, 9.17) is 14.2 Å². The van der Waals surface area contributed by atoms with Crippen molar-refractivity contribution < 1.29 is 69.0 Å². The topological polar surface area (TPSA) is 152 Å². The first kappa shape index (κ1) is 29.1. The average molecular weight is 534 g/mol. The number of aliphatic hydroxyl groups excluding tert-OH is 3. The van der Waals surface area contributed by atoms with E-state index in [1.54, 1.807) is 36.5 Å². The SMILES string of the molecule is CO/C(=C1\C2CCCC1C1=C(CCCC1)C2)c1ccc(C#N)c(O[C@@H]2OC(C(=O)[O-])[C@@H](O)[C@H](O)C2O)c1.[Na+]. The van der Waals surface area contributed by atoms with Crippen LogP contribution in [0, 0.1) is 23.2 Å². The van der Waals surface area contributed by atoms with E-state index in [1.165, 1.54) is 31.3 Å². The molecule has 1 heterocycles. The summed E-state index contributed by atoms with van der Waals surface area (Å²) in [5.41, 5.74) is 5.30. The number of methoxy groups -OCH3 is 1. The van der Waals surface area contributed by atoms with Crippen LogP contribution in [0.1, 0.15) is 62.5 Å². The molecule has 1 saturated heterocycles. The zero-order valence-electron chi connectivity index (χ0n) is 21.8. The van der Waals surface area contributed by atoms with Crippen LogP contribution < -0.4 is 39.4 Å². The summed E-state index contributed by atoms with van der Waals surface area (Å²) in [5.74, 6) is -0.225. The molecule has 9 nitrogen and oxygen atoms in total. The predicted molar refractivity (Wildman–Crippen MR) is 128 cm³/mol. The van der Waals surface area contributed by atoms with E-state index in [-0.39, 0.29) is 40.9 Å². The smallest absolute Gasteiger partial charge is 0.547 e. The van der Waals surface area contributed by atoms with Gasteiger partial charge < -0.3 is 39.4 Å². The van der Waals surface area contributed by atoms with Gasteiger partial charge in [0, 0.05) is 11.5 Å². The van der Waals surface area contributed by atoms with Crippen LogP contribution in [0.2, 0.25) is 0 Å². The largest absolute Gasteiger partial charge is 1.00 e. The Morgan fingerprint density at radius 2 is 1.87 bits per heavy atom. The van der Waals surface area contributed by atoms with Crippen LogP contribution in [-0.4, -0.2) is 59.1 Å². The molecule has 10 heteroatoms. The maximum atomic E-state index is 11.4. The third-order valence-electron chi connectivity index (χ3n) is 8.28. The third-order valence-corrected chi connectivity index (χ3v) is 8.28. The van der Waals surface area contributed by atoms with E-state index in [0.717, 1.165) is 31.4 Å². The van der Waals surface area contributed by atoms with Gasteiger partial charge in [-0.25, -0.2) is 0 Å². The van der Waals surface area contributed by atoms with Gasteiger partial charge in [-0.15, -0.1) is 0 Å². The molecule has 38 heavy (non-hydrogen) atoms. The number of hydrogen-bond donors (Lipinski definition) is 3. The predicted octanol–water partition coefficient (Wildman–Crippen LogP) is -1.45. The van der Waals surface area contributed by atoms with E-state index < -0.39 is 36.7 Å². The van der Waals surface area contributed by atoms with Crippen LogP contribution in [0.4, 0.5) is 0 Å². The molecule has 4 unspecified atom stereocenters. The quantitative estimate of drug-likeness (QED) is 0.234. The van der Waals surface area contributed by atoms with Gasteiger partial charge in [0.1, 0.15) is 42.0 Å². The Balaban J connectivity index is 0.00000336. The molecule has 1 aromatic carbocycles. The number of hydrogen-bond acceptors (Lipinski definition) is 9. The fourth-order valence-electron chi connectivity index (χ4n) is 6.54. The van der Waals surface area contributed by atoms with Crippen LogP contribution in [0.25, 0.3) is 5.76 Å². The van der Waals surface area contributed by atoms with E-state index in [0.29, 0.717) is 17.4 Å². The van der Waals surface area contributed by atoms with Crippen LogP contribution in [0.5, 0.6) is 5.75 Å². The molecule has 0 amide bonds. The van der Waals surface area contributed by atoms with Crippen molar-refractivity contribution in [3.63, 3.8) is 0 Å². The van der Waals surface area contributed by atoms with Gasteiger partial charge in [0.05, 0.1) is 18.6 Å². The second-order valence-corrected chi connectivity index (χ2v) is 10.4. The second kappa shape index (κ2) is 12.1. The first-order valence-electron chi connectivity index (χ1n) is 12.9. The summed E-state index contributed by atoms with van der Waals surface area (Å²) < 4.78 is 16.9. The number of carbonyl (C=O) groups excluding carboxylic acids is 1. The Morgan fingerprint density at radius 1 is 1.11 bits per heavy atom. The minimum atomic E-state index is -1.91. The standard InChI is InChI=1S/C28H33NO8.Na/c1-35-25(21-15-6-4-8-19(21)18-7-3-2-5-14(18)11-15)16-9-10-17(13-29)20(12-16)36-28-24(32)22(30)23(31)26(37-28)27(33)34;/h9-10,12,15,19,22-24,26,28,30-32H,2-8,11H2,1H3,(H,33,34);/q;+1/p-1/b25-21+;/t15?,19?,22-,23-,24?,26?,28+;/m0./s1. The van der Waals surface area contributed by atoms with Crippen LogP contribution in [0.3, 0.4) is 0 Å². The van der Waals surface area contributed by atoms with Gasteiger partial charge in [-0.3, -0.25) is 0 Å². The third kappa shape index (κ3) is 5.28. The van der Waals surface area contributed by atoms with Crippen LogP contribution in [-0.2, 0) is 14.3 Å². The molecular weight excluding hydrogens is 501 g/mol. The Kier molecular flexibility index (Phi) is 9.26. The average Bonchev–Trinajstić information content (AvgIpc) is 2.89. The molecule has 3 aliphatic carbocycles. The fraction of sp³-hybridized carbons (Fsp3) is 0.571. The Labute approximate surface area is 244 Å². The van der Waals surface area contributed by atoms with Crippen LogP contribution >= 0.6 is 0 Å². The van der Waals surface area contributed by atoms with Crippen molar-refractivity contribution in [2.45, 2.75) is 82.1 Å². The molecule has 0 aromatic heterocycles. The number of benzene rings is 1. The monoisotopic (exact) mass is 533 g/mol. The molecule has 4 aliphatic rings. The number of carbonyl (C=O) groups is 1. The number of aliphatic carboxylic acids is 1. The molecule has 1 aromatic rings. The number of nitrogens with zero attached hydrogens (tertiary/aromatic N) is 1. The molecule has 0 spiro atoms. The Hall–Kier alpha value is -1.90. The summed E-state index contributed by atoms with van der Waals surface area (Å²) in [5, 5.41) is 51.5. The van der Waals surface area contributed by atoms with Gasteiger partial charge in [-0.05, 0) is 74.6 Å². The molecule has 0 radical (unpaired) electrons. The minimum absolute atomic E-state index is 0. The Bertz CT molecular complexity index is 1170. The maximum Gasteiger partial charge on any atom is 1.00 e. The summed E-state index contributed by atoms with van der Waals surface area (Å²) in [4.78, 5) is 11.4. The molecule has 7 atom stereocenters. The summed E-state index contributed by atoms with van der Waals surface area (Å²) >= 11 is 0. The zero-order valence-corrected chi connectivity index (χ0v) is 23.8. The molecule has 5 rings (SSSR count). The van der Waals surface area contributed by atoms with Gasteiger partial charge >= 0.3 is 29.6 Å². The van der Waals surface area contributed by atoms with Crippen molar-refractivity contribution in [2.75, 3.05) is 7.11 Å². The number of carboxylic acids is 1. The van der Waals surface area contributed by atoms with E-state index in [9.17, 15) is 30.5 Å². The van der Waals surface area contributed by atoms with Crippen molar-refractivity contribution in [1.82, 2.24) is 0 Å². The normalized spacial score (nSPS) is 33.8. The number of fused-ring (bicyclic) bond motifs is 3. The fourth-order valence-corrected chi connectivity index (χ4v) is 6.54. The number of aliphatic hydroxyl groups is 3. The number of allylic oxidation sites excluding steroid dienone is 3. The summed E-state index contributed by atoms with van der Waals surface area (Å²) in [7, 11) is 1.64. The van der Waals surface area contributed by atoms with E-state index >= 15 is 0 Å². The Morgan fingerprint density at radius 3 is 2.58 bits per heavy atom. The van der Waals surface area contributed by atoms with Gasteiger partial charge in [-0.1, -0.05) is 17.6 Å². The summed E-state index contributed by atoms with van der Waals surface area (Å²) in [6.45, 7) is 0. The first-order chi connectivity index (χ1) is 17.8. The van der Waals surface area contributed by atoms with Crippen molar-refractivity contribution in [2.24, 2.45) is 11.8 Å². The summed E-state index contributed by atoms with van der Waals surface area (Å²) in [6, 6.07) is 7.01. The maximum absolute atomic E-state index is 11.4. The number of ether oxygens (including phenoxy) is 3.